The summed E-state index contributed by atoms with van der Waals surface area (Å²) < 4.78 is 1.84. The molecule has 2 aliphatic heterocycles. The lowest BCUT2D eigenvalue weighted by molar-refractivity contribution is -0.118. The van der Waals surface area contributed by atoms with Gasteiger partial charge in [0.1, 0.15) is 0 Å². The number of ketones is 1. The van der Waals surface area contributed by atoms with E-state index in [1.165, 1.54) is 0 Å². The normalized spacial score (nSPS) is 15.3. The number of anilines is 3. The minimum Gasteiger partial charge on any atom is -0.346 e. The standard InChI is InChI=1S/C26H22N6O3/c33-19-7-4-11-31(15-19)24-25-30-22(26(35)28-18-5-2-1-3-6-18)23(32(25)12-10-27-24)16-8-9-20-17(13-16)14-21(34)29-20/h1-3,5-6,8-10,12-13H,4,7,11,14-15H2,(H,28,35)(H,29,34). The van der Waals surface area contributed by atoms with Crippen molar-refractivity contribution < 1.29 is 14.4 Å². The van der Waals surface area contributed by atoms with Gasteiger partial charge in [-0.3, -0.25) is 18.8 Å². The molecule has 0 bridgehead atoms. The lowest BCUT2D eigenvalue weighted by Crippen LogP contribution is -2.36. The zero-order valence-corrected chi connectivity index (χ0v) is 18.8. The van der Waals surface area contributed by atoms with Gasteiger partial charge in [-0.1, -0.05) is 24.3 Å². The third-order valence-corrected chi connectivity index (χ3v) is 6.32. The fraction of sp³-hybridized carbons (Fsp3) is 0.192. The Labute approximate surface area is 200 Å². The van der Waals surface area contributed by atoms with Crippen molar-refractivity contribution in [2.24, 2.45) is 0 Å². The number of carbonyl (C=O) groups is 3. The zero-order chi connectivity index (χ0) is 23.9. The molecule has 2 N–H and O–H groups in total. The monoisotopic (exact) mass is 466 g/mol. The highest BCUT2D eigenvalue weighted by atomic mass is 16.2. The van der Waals surface area contributed by atoms with Crippen molar-refractivity contribution in [2.75, 3.05) is 28.6 Å². The van der Waals surface area contributed by atoms with Crippen LogP contribution in [0.25, 0.3) is 16.9 Å². The highest BCUT2D eigenvalue weighted by molar-refractivity contribution is 6.08. The van der Waals surface area contributed by atoms with Crippen molar-refractivity contribution in [2.45, 2.75) is 19.3 Å². The second kappa shape index (κ2) is 8.35. The molecule has 174 valence electrons. The molecule has 9 heteroatoms. The Morgan fingerprint density at radius 3 is 2.77 bits per heavy atom. The highest BCUT2D eigenvalue weighted by Crippen LogP contribution is 2.34. The smallest absolute Gasteiger partial charge is 0.276 e. The SMILES string of the molecule is O=C1CCCN(c2nccn3c(-c4ccc5c(c4)CC(=O)N5)c(C(=O)Nc4ccccc4)nc23)C1. The Kier molecular flexibility index (Phi) is 5.02. The maximum atomic E-state index is 13.5. The molecular formula is C26H22N6O3. The minimum absolute atomic E-state index is 0.0569. The van der Waals surface area contributed by atoms with Crippen LogP contribution in [0.2, 0.25) is 0 Å². The summed E-state index contributed by atoms with van der Waals surface area (Å²) in [6.07, 6.45) is 5.02. The summed E-state index contributed by atoms with van der Waals surface area (Å²) in [5.74, 6) is 0.312. The van der Waals surface area contributed by atoms with Gasteiger partial charge in [-0.25, -0.2) is 9.97 Å². The molecule has 0 unspecified atom stereocenters. The van der Waals surface area contributed by atoms with Gasteiger partial charge < -0.3 is 15.5 Å². The van der Waals surface area contributed by atoms with Crippen LogP contribution < -0.4 is 15.5 Å². The molecule has 4 aromatic rings. The first-order chi connectivity index (χ1) is 17.1. The number of carbonyl (C=O) groups excluding carboxylic acids is 3. The Morgan fingerprint density at radius 2 is 1.94 bits per heavy atom. The van der Waals surface area contributed by atoms with Gasteiger partial charge >= 0.3 is 0 Å². The summed E-state index contributed by atoms with van der Waals surface area (Å²) in [4.78, 5) is 48.7. The molecule has 0 atom stereocenters. The van der Waals surface area contributed by atoms with Crippen LogP contribution in [0.5, 0.6) is 0 Å². The first-order valence-corrected chi connectivity index (χ1v) is 11.5. The summed E-state index contributed by atoms with van der Waals surface area (Å²) in [6.45, 7) is 0.964. The maximum Gasteiger partial charge on any atom is 0.276 e. The van der Waals surface area contributed by atoms with Crippen LogP contribution in [-0.2, 0) is 16.0 Å². The predicted molar refractivity (Wildman–Crippen MR) is 132 cm³/mol. The number of hydrogen-bond donors (Lipinski definition) is 2. The second-order valence-electron chi connectivity index (χ2n) is 8.73. The van der Waals surface area contributed by atoms with Crippen molar-refractivity contribution in [3.63, 3.8) is 0 Å². The highest BCUT2D eigenvalue weighted by Gasteiger charge is 2.27. The third kappa shape index (κ3) is 3.80. The van der Waals surface area contributed by atoms with E-state index < -0.39 is 0 Å². The number of nitrogens with one attached hydrogen (secondary N) is 2. The Balaban J connectivity index is 1.51. The molecule has 35 heavy (non-hydrogen) atoms. The lowest BCUT2D eigenvalue weighted by atomic mass is 10.0. The average Bonchev–Trinajstić information content (AvgIpc) is 3.43. The fourth-order valence-corrected chi connectivity index (χ4v) is 4.73. The number of fused-ring (bicyclic) bond motifs is 2. The van der Waals surface area contributed by atoms with Gasteiger partial charge in [0.05, 0.1) is 18.7 Å². The molecular weight excluding hydrogens is 444 g/mol. The summed E-state index contributed by atoms with van der Waals surface area (Å²) in [5, 5.41) is 5.77. The molecule has 0 aliphatic carbocycles. The molecule has 0 saturated carbocycles. The first kappa shape index (κ1) is 21.0. The maximum absolute atomic E-state index is 13.5. The number of imidazole rings is 1. The van der Waals surface area contributed by atoms with Gasteiger partial charge in [-0.15, -0.1) is 0 Å². The van der Waals surface area contributed by atoms with E-state index in [0.29, 0.717) is 35.8 Å². The molecule has 9 nitrogen and oxygen atoms in total. The van der Waals surface area contributed by atoms with E-state index in [4.69, 9.17) is 4.98 Å². The van der Waals surface area contributed by atoms with Crippen LogP contribution in [-0.4, -0.2) is 45.1 Å². The first-order valence-electron chi connectivity index (χ1n) is 11.5. The fourth-order valence-electron chi connectivity index (χ4n) is 4.73. The van der Waals surface area contributed by atoms with Crippen molar-refractivity contribution in [1.82, 2.24) is 14.4 Å². The van der Waals surface area contributed by atoms with Gasteiger partial charge in [0.25, 0.3) is 5.91 Å². The van der Waals surface area contributed by atoms with Crippen LogP contribution in [0, 0.1) is 0 Å². The number of piperidine rings is 1. The van der Waals surface area contributed by atoms with Gasteiger partial charge in [0.2, 0.25) is 5.91 Å². The van der Waals surface area contributed by atoms with Crippen molar-refractivity contribution in [3.8, 4) is 11.3 Å². The van der Waals surface area contributed by atoms with Crippen LogP contribution >= 0.6 is 0 Å². The number of benzene rings is 2. The quantitative estimate of drug-likeness (QED) is 0.478. The summed E-state index contributed by atoms with van der Waals surface area (Å²) in [5.41, 5.74) is 4.41. The summed E-state index contributed by atoms with van der Waals surface area (Å²) in [6, 6.07) is 14.8. The topological polar surface area (TPSA) is 109 Å². The molecule has 2 aliphatic rings. The van der Waals surface area contributed by atoms with E-state index in [9.17, 15) is 14.4 Å². The van der Waals surface area contributed by atoms with E-state index >= 15 is 0 Å². The van der Waals surface area contributed by atoms with Crippen molar-refractivity contribution in [3.05, 3.63) is 72.2 Å². The van der Waals surface area contributed by atoms with E-state index in [1.807, 2.05) is 57.8 Å². The molecule has 1 fully saturated rings. The zero-order valence-electron chi connectivity index (χ0n) is 18.8. The number of aromatic nitrogens is 3. The predicted octanol–water partition coefficient (Wildman–Crippen LogP) is 3.31. The van der Waals surface area contributed by atoms with Crippen LogP contribution in [0.4, 0.5) is 17.2 Å². The Bertz CT molecular complexity index is 1490. The van der Waals surface area contributed by atoms with Gasteiger partial charge in [-0.2, -0.15) is 0 Å². The number of nitrogens with zero attached hydrogens (tertiary/aromatic N) is 4. The second-order valence-corrected chi connectivity index (χ2v) is 8.73. The van der Waals surface area contributed by atoms with Gasteiger partial charge in [0.15, 0.2) is 22.9 Å². The molecule has 1 saturated heterocycles. The molecule has 0 radical (unpaired) electrons. The Morgan fingerprint density at radius 1 is 1.09 bits per heavy atom. The molecule has 2 amide bonds. The number of para-hydroxylation sites is 1. The van der Waals surface area contributed by atoms with Gasteiger partial charge in [-0.05, 0) is 36.2 Å². The summed E-state index contributed by atoms with van der Waals surface area (Å²) in [7, 11) is 0. The molecule has 2 aromatic carbocycles. The molecule has 6 rings (SSSR count). The average molecular weight is 467 g/mol. The van der Waals surface area contributed by atoms with Crippen molar-refractivity contribution >= 4 is 40.4 Å². The van der Waals surface area contributed by atoms with E-state index in [2.05, 4.69) is 15.6 Å². The number of hydrogen-bond acceptors (Lipinski definition) is 6. The van der Waals surface area contributed by atoms with Crippen molar-refractivity contribution in [1.29, 1.82) is 0 Å². The van der Waals surface area contributed by atoms with Crippen LogP contribution in [0.3, 0.4) is 0 Å². The van der Waals surface area contributed by atoms with E-state index in [-0.39, 0.29) is 36.3 Å². The molecule has 0 spiro atoms. The van der Waals surface area contributed by atoms with E-state index in [1.54, 1.807) is 12.4 Å². The summed E-state index contributed by atoms with van der Waals surface area (Å²) >= 11 is 0. The lowest BCUT2D eigenvalue weighted by Gasteiger charge is -2.26. The largest absolute Gasteiger partial charge is 0.346 e. The molecule has 4 heterocycles. The molecule has 2 aromatic heterocycles. The number of Topliss-reactive ketones (excluding diaryl/α,β-unsaturated/α-hetero) is 1. The van der Waals surface area contributed by atoms with E-state index in [0.717, 1.165) is 23.2 Å². The van der Waals surface area contributed by atoms with Crippen LogP contribution in [0.1, 0.15) is 28.9 Å². The number of rotatable bonds is 4. The Hall–Kier alpha value is -4.53. The minimum atomic E-state index is -0.356. The number of amides is 2. The van der Waals surface area contributed by atoms with Crippen LogP contribution in [0.15, 0.2) is 60.9 Å². The van der Waals surface area contributed by atoms with Gasteiger partial charge in [0, 0.05) is 42.3 Å². The third-order valence-electron chi connectivity index (χ3n) is 6.32.